The number of hydrogen-bond acceptors (Lipinski definition) is 4. The number of hydrogen-bond donors (Lipinski definition) is 0. The van der Waals surface area contributed by atoms with Crippen LogP contribution < -0.4 is 0 Å². The zero-order valence-corrected chi connectivity index (χ0v) is 7.82. The van der Waals surface area contributed by atoms with Crippen LogP contribution in [0.4, 0.5) is 0 Å². The summed E-state index contributed by atoms with van der Waals surface area (Å²) in [4.78, 5) is 3.85. The van der Waals surface area contributed by atoms with Crippen molar-refractivity contribution in [2.24, 2.45) is 7.05 Å². The molecule has 0 saturated carbocycles. The van der Waals surface area contributed by atoms with Crippen LogP contribution in [0.15, 0.2) is 17.6 Å². The number of aromatic nitrogens is 2. The zero-order valence-electron chi connectivity index (χ0n) is 6.18. The maximum absolute atomic E-state index is 10.8. The van der Waals surface area contributed by atoms with E-state index in [9.17, 15) is 8.42 Å². The number of rotatable bonds is 2. The summed E-state index contributed by atoms with van der Waals surface area (Å²) in [5.74, 6) is 0. The molecule has 0 bridgehead atoms. The van der Waals surface area contributed by atoms with Crippen LogP contribution >= 0.6 is 10.8 Å². The van der Waals surface area contributed by atoms with Crippen molar-refractivity contribution >= 4 is 19.7 Å². The highest BCUT2D eigenvalue weighted by atomic mass is 33.1. The minimum atomic E-state index is -3.04. The van der Waals surface area contributed by atoms with Crippen LogP contribution in [0.1, 0.15) is 0 Å². The lowest BCUT2D eigenvalue weighted by molar-refractivity contribution is 0.615. The van der Waals surface area contributed by atoms with Crippen molar-refractivity contribution in [3.63, 3.8) is 0 Å². The van der Waals surface area contributed by atoms with E-state index in [0.29, 0.717) is 5.16 Å². The van der Waals surface area contributed by atoms with Gasteiger partial charge < -0.3 is 4.57 Å². The van der Waals surface area contributed by atoms with Crippen LogP contribution in [0.5, 0.6) is 0 Å². The van der Waals surface area contributed by atoms with Gasteiger partial charge in [-0.15, -0.1) is 0 Å². The van der Waals surface area contributed by atoms with Gasteiger partial charge in [0, 0.05) is 36.5 Å². The molecule has 0 aromatic carbocycles. The topological polar surface area (TPSA) is 52.0 Å². The monoisotopic (exact) mass is 192 g/mol. The normalized spacial score (nSPS) is 11.8. The van der Waals surface area contributed by atoms with Crippen molar-refractivity contribution in [3.05, 3.63) is 12.4 Å². The van der Waals surface area contributed by atoms with Crippen molar-refractivity contribution in [3.8, 4) is 0 Å². The molecule has 11 heavy (non-hydrogen) atoms. The third-order valence-electron chi connectivity index (χ3n) is 1.00. The van der Waals surface area contributed by atoms with E-state index in [4.69, 9.17) is 0 Å². The van der Waals surface area contributed by atoms with Gasteiger partial charge in [-0.3, -0.25) is 0 Å². The largest absolute Gasteiger partial charge is 0.328 e. The third kappa shape index (κ3) is 2.55. The highest BCUT2D eigenvalue weighted by molar-refractivity contribution is 8.71. The Morgan fingerprint density at radius 3 is 2.64 bits per heavy atom. The Hall–Kier alpha value is -0.490. The van der Waals surface area contributed by atoms with Crippen molar-refractivity contribution in [2.45, 2.75) is 5.16 Å². The smallest absolute Gasteiger partial charge is 0.206 e. The molecule has 1 heterocycles. The summed E-state index contributed by atoms with van der Waals surface area (Å²) in [5.41, 5.74) is 0. The molecule has 0 aliphatic rings. The fraction of sp³-hybridized carbons (Fsp3) is 0.400. The quantitative estimate of drug-likeness (QED) is 0.639. The van der Waals surface area contributed by atoms with Gasteiger partial charge in [0.05, 0.1) is 0 Å². The Bertz CT molecular complexity index is 341. The summed E-state index contributed by atoms with van der Waals surface area (Å²) in [6, 6.07) is 0. The zero-order chi connectivity index (χ0) is 8.48. The molecule has 0 unspecified atom stereocenters. The van der Waals surface area contributed by atoms with E-state index < -0.39 is 8.87 Å². The van der Waals surface area contributed by atoms with Crippen LogP contribution in [-0.2, 0) is 15.9 Å². The molecule has 0 saturated heterocycles. The van der Waals surface area contributed by atoms with E-state index >= 15 is 0 Å². The van der Waals surface area contributed by atoms with Gasteiger partial charge in [-0.25, -0.2) is 13.4 Å². The molecule has 62 valence electrons. The standard InChI is InChI=1S/C5H8N2O2S2/c1-7-4-3-6-5(7)10-11(2,8)9/h3-4H,1-2H3. The Morgan fingerprint density at radius 2 is 2.27 bits per heavy atom. The third-order valence-corrected chi connectivity index (χ3v) is 3.20. The van der Waals surface area contributed by atoms with Gasteiger partial charge in [0.1, 0.15) is 0 Å². The second-order valence-electron chi connectivity index (χ2n) is 2.11. The second kappa shape index (κ2) is 2.86. The van der Waals surface area contributed by atoms with Gasteiger partial charge in [0.15, 0.2) is 5.16 Å². The molecule has 0 amide bonds. The van der Waals surface area contributed by atoms with Gasteiger partial charge in [0.2, 0.25) is 8.87 Å². The summed E-state index contributed by atoms with van der Waals surface area (Å²) < 4.78 is 23.2. The molecule has 0 aliphatic heterocycles. The first-order chi connectivity index (χ1) is 4.99. The van der Waals surface area contributed by atoms with E-state index in [1.807, 2.05) is 0 Å². The molecular formula is C5H8N2O2S2. The van der Waals surface area contributed by atoms with Crippen molar-refractivity contribution < 1.29 is 8.42 Å². The molecule has 0 N–H and O–H groups in total. The SMILES string of the molecule is Cn1ccnc1SS(C)(=O)=O. The molecule has 1 aromatic heterocycles. The number of nitrogens with zero attached hydrogens (tertiary/aromatic N) is 2. The van der Waals surface area contributed by atoms with Crippen LogP contribution in [0.2, 0.25) is 0 Å². The van der Waals surface area contributed by atoms with Gasteiger partial charge >= 0.3 is 0 Å². The van der Waals surface area contributed by atoms with E-state index in [2.05, 4.69) is 4.98 Å². The summed E-state index contributed by atoms with van der Waals surface area (Å²) in [6.07, 6.45) is 4.42. The summed E-state index contributed by atoms with van der Waals surface area (Å²) in [7, 11) is -0.528. The van der Waals surface area contributed by atoms with E-state index in [1.54, 1.807) is 24.0 Å². The Kier molecular flexibility index (Phi) is 2.24. The molecule has 0 radical (unpaired) electrons. The highest BCUT2D eigenvalue weighted by Gasteiger charge is 2.08. The summed E-state index contributed by atoms with van der Waals surface area (Å²) in [6.45, 7) is 0. The highest BCUT2D eigenvalue weighted by Crippen LogP contribution is 2.19. The maximum Gasteiger partial charge on any atom is 0.206 e. The molecule has 0 atom stereocenters. The molecule has 1 rings (SSSR count). The minimum absolute atomic E-state index is 0.493. The van der Waals surface area contributed by atoms with Crippen molar-refractivity contribution in [2.75, 3.05) is 6.26 Å². The summed E-state index contributed by atoms with van der Waals surface area (Å²) in [5, 5.41) is 0.493. The lowest BCUT2D eigenvalue weighted by atomic mass is 10.9. The fourth-order valence-corrected chi connectivity index (χ4v) is 2.41. The van der Waals surface area contributed by atoms with Crippen molar-refractivity contribution in [1.82, 2.24) is 9.55 Å². The molecular weight excluding hydrogens is 184 g/mol. The molecule has 0 fully saturated rings. The van der Waals surface area contributed by atoms with Crippen LogP contribution in [-0.4, -0.2) is 24.2 Å². The van der Waals surface area contributed by atoms with Gasteiger partial charge in [-0.05, 0) is 0 Å². The fourth-order valence-electron chi connectivity index (χ4n) is 0.568. The molecule has 1 aromatic rings. The average molecular weight is 192 g/mol. The predicted octanol–water partition coefficient (Wildman–Crippen LogP) is 0.472. The number of imidazole rings is 1. The Labute approximate surface area is 68.9 Å². The second-order valence-corrected chi connectivity index (χ2v) is 6.36. The molecule has 0 spiro atoms. The first-order valence-corrected chi connectivity index (χ1v) is 6.08. The first kappa shape index (κ1) is 8.61. The number of aryl methyl sites for hydroxylation is 1. The van der Waals surface area contributed by atoms with E-state index in [-0.39, 0.29) is 0 Å². The lowest BCUT2D eigenvalue weighted by Gasteiger charge is -1.96. The van der Waals surface area contributed by atoms with Gasteiger partial charge in [-0.1, -0.05) is 0 Å². The van der Waals surface area contributed by atoms with Crippen LogP contribution in [0, 0.1) is 0 Å². The first-order valence-electron chi connectivity index (χ1n) is 2.86. The van der Waals surface area contributed by atoms with Crippen LogP contribution in [0.3, 0.4) is 0 Å². The Morgan fingerprint density at radius 1 is 1.64 bits per heavy atom. The maximum atomic E-state index is 10.8. The van der Waals surface area contributed by atoms with E-state index in [0.717, 1.165) is 17.0 Å². The van der Waals surface area contributed by atoms with Gasteiger partial charge in [-0.2, -0.15) is 0 Å². The molecule has 4 nitrogen and oxygen atoms in total. The van der Waals surface area contributed by atoms with Crippen LogP contribution in [0.25, 0.3) is 0 Å². The van der Waals surface area contributed by atoms with E-state index in [1.165, 1.54) is 0 Å². The van der Waals surface area contributed by atoms with Gasteiger partial charge in [0.25, 0.3) is 0 Å². The Balaban J connectivity index is 2.89. The molecule has 0 aliphatic carbocycles. The molecule has 6 heteroatoms. The van der Waals surface area contributed by atoms with Crippen molar-refractivity contribution in [1.29, 1.82) is 0 Å². The lowest BCUT2D eigenvalue weighted by Crippen LogP contribution is -1.94. The summed E-state index contributed by atoms with van der Waals surface area (Å²) >= 11 is 0. The predicted molar refractivity (Wildman–Crippen MR) is 43.9 cm³/mol. The minimum Gasteiger partial charge on any atom is -0.328 e. The average Bonchev–Trinajstić information content (AvgIpc) is 2.12.